The Bertz CT molecular complexity index is 967. The lowest BCUT2D eigenvalue weighted by molar-refractivity contribution is 0.102. The summed E-state index contributed by atoms with van der Waals surface area (Å²) in [7, 11) is 1.56. The number of carbonyl (C=O) groups is 1. The maximum atomic E-state index is 13.0. The molecular formula is C20H17ClN2O2. The first-order valence-electron chi connectivity index (χ1n) is 8.20. The molecule has 0 spiro atoms. The molecule has 1 amide bonds. The summed E-state index contributed by atoms with van der Waals surface area (Å²) >= 11 is 6.06. The van der Waals surface area contributed by atoms with Gasteiger partial charge in [0.1, 0.15) is 5.75 Å². The first-order valence-corrected chi connectivity index (χ1v) is 8.58. The lowest BCUT2D eigenvalue weighted by atomic mass is 10.1. The average Bonchev–Trinajstić information content (AvgIpc) is 3.46. The highest BCUT2D eigenvalue weighted by Crippen LogP contribution is 2.40. The number of halogens is 1. The van der Waals surface area contributed by atoms with Crippen molar-refractivity contribution in [2.45, 2.75) is 18.8 Å². The van der Waals surface area contributed by atoms with Gasteiger partial charge in [-0.2, -0.15) is 0 Å². The molecule has 4 nitrogen and oxygen atoms in total. The van der Waals surface area contributed by atoms with Gasteiger partial charge in [0.05, 0.1) is 23.9 Å². The zero-order valence-corrected chi connectivity index (χ0v) is 14.5. The highest BCUT2D eigenvalue weighted by molar-refractivity contribution is 6.31. The molecule has 1 heterocycles. The van der Waals surface area contributed by atoms with Gasteiger partial charge >= 0.3 is 0 Å². The summed E-state index contributed by atoms with van der Waals surface area (Å²) in [6.07, 6.45) is 2.27. The monoisotopic (exact) mass is 352 g/mol. The van der Waals surface area contributed by atoms with E-state index >= 15 is 0 Å². The zero-order valence-electron chi connectivity index (χ0n) is 13.8. The summed E-state index contributed by atoms with van der Waals surface area (Å²) in [6, 6.07) is 14.8. The molecule has 1 aromatic heterocycles. The number of aromatic nitrogens is 1. The van der Waals surface area contributed by atoms with E-state index in [1.807, 2.05) is 30.3 Å². The molecule has 0 aliphatic heterocycles. The van der Waals surface area contributed by atoms with Crippen molar-refractivity contribution in [3.8, 4) is 5.75 Å². The second-order valence-corrected chi connectivity index (χ2v) is 6.62. The van der Waals surface area contributed by atoms with E-state index in [0.717, 1.165) is 29.4 Å². The van der Waals surface area contributed by atoms with E-state index in [0.29, 0.717) is 27.9 Å². The quantitative estimate of drug-likeness (QED) is 0.716. The number of nitrogens with zero attached hydrogens (tertiary/aromatic N) is 1. The van der Waals surface area contributed by atoms with Crippen LogP contribution >= 0.6 is 11.6 Å². The fourth-order valence-corrected chi connectivity index (χ4v) is 3.11. The number of nitrogens with one attached hydrogen (secondary N) is 1. The summed E-state index contributed by atoms with van der Waals surface area (Å²) in [4.78, 5) is 17.7. The first kappa shape index (κ1) is 15.9. The number of hydrogen-bond acceptors (Lipinski definition) is 3. The van der Waals surface area contributed by atoms with Crippen LogP contribution in [0.5, 0.6) is 5.75 Å². The molecule has 25 heavy (non-hydrogen) atoms. The molecule has 1 N–H and O–H groups in total. The fourth-order valence-electron chi connectivity index (χ4n) is 2.94. The number of pyridine rings is 1. The van der Waals surface area contributed by atoms with Crippen molar-refractivity contribution in [2.24, 2.45) is 0 Å². The first-order chi connectivity index (χ1) is 12.2. The third-order valence-corrected chi connectivity index (χ3v) is 4.62. The Morgan fingerprint density at radius 2 is 2.00 bits per heavy atom. The summed E-state index contributed by atoms with van der Waals surface area (Å²) in [5, 5.41) is 4.30. The minimum atomic E-state index is -0.193. The number of fused-ring (bicyclic) bond motifs is 1. The molecule has 5 heteroatoms. The van der Waals surface area contributed by atoms with Crippen molar-refractivity contribution in [1.29, 1.82) is 0 Å². The highest BCUT2D eigenvalue weighted by Gasteiger charge is 2.27. The topological polar surface area (TPSA) is 51.2 Å². The number of para-hydroxylation sites is 1. The van der Waals surface area contributed by atoms with E-state index < -0.39 is 0 Å². The predicted octanol–water partition coefficient (Wildman–Crippen LogP) is 5.03. The van der Waals surface area contributed by atoms with E-state index in [-0.39, 0.29) is 5.91 Å². The number of methoxy groups -OCH3 is 1. The number of carbonyl (C=O) groups excluding carboxylic acids is 1. The van der Waals surface area contributed by atoms with E-state index in [1.54, 1.807) is 25.3 Å². The van der Waals surface area contributed by atoms with Crippen molar-refractivity contribution in [3.05, 3.63) is 64.8 Å². The van der Waals surface area contributed by atoms with Crippen LogP contribution in [-0.2, 0) is 0 Å². The van der Waals surface area contributed by atoms with Gasteiger partial charge in [-0.05, 0) is 43.2 Å². The Kier molecular flexibility index (Phi) is 4.06. The molecule has 1 fully saturated rings. The third-order valence-electron chi connectivity index (χ3n) is 4.39. The van der Waals surface area contributed by atoms with Gasteiger partial charge < -0.3 is 10.1 Å². The van der Waals surface area contributed by atoms with Crippen LogP contribution in [0.25, 0.3) is 10.9 Å². The van der Waals surface area contributed by atoms with Gasteiger partial charge in [0.2, 0.25) is 0 Å². The number of ether oxygens (including phenoxy) is 1. The van der Waals surface area contributed by atoms with Crippen LogP contribution in [0.15, 0.2) is 48.5 Å². The van der Waals surface area contributed by atoms with Gasteiger partial charge in [0, 0.05) is 22.0 Å². The third kappa shape index (κ3) is 3.17. The molecule has 1 saturated carbocycles. The van der Waals surface area contributed by atoms with Crippen LogP contribution in [0.1, 0.15) is 34.8 Å². The normalized spacial score (nSPS) is 13.7. The lowest BCUT2D eigenvalue weighted by Gasteiger charge is -2.13. The molecule has 2 aromatic carbocycles. The van der Waals surface area contributed by atoms with Gasteiger partial charge in [-0.1, -0.05) is 29.8 Å². The van der Waals surface area contributed by atoms with Crippen LogP contribution in [0.4, 0.5) is 5.69 Å². The van der Waals surface area contributed by atoms with Crippen LogP contribution in [-0.4, -0.2) is 18.0 Å². The SMILES string of the molecule is COc1ccc(Cl)cc1NC(=O)c1cc(C2CC2)nc2ccccc12. The number of anilines is 1. The standard InChI is InChI=1S/C20H17ClN2O2/c1-25-19-9-8-13(21)10-18(19)23-20(24)15-11-17(12-6-7-12)22-16-5-3-2-4-14(15)16/h2-5,8-12H,6-7H2,1H3,(H,23,24). The molecule has 1 aliphatic rings. The predicted molar refractivity (Wildman–Crippen MR) is 99.7 cm³/mol. The van der Waals surface area contributed by atoms with Gasteiger partial charge in [-0.3, -0.25) is 9.78 Å². The fraction of sp³-hybridized carbons (Fsp3) is 0.200. The molecule has 1 aliphatic carbocycles. The van der Waals surface area contributed by atoms with E-state index in [2.05, 4.69) is 5.32 Å². The highest BCUT2D eigenvalue weighted by atomic mass is 35.5. The van der Waals surface area contributed by atoms with Gasteiger partial charge in [0.15, 0.2) is 0 Å². The molecule has 0 saturated heterocycles. The second-order valence-electron chi connectivity index (χ2n) is 6.18. The van der Waals surface area contributed by atoms with Gasteiger partial charge in [-0.25, -0.2) is 0 Å². The van der Waals surface area contributed by atoms with Gasteiger partial charge in [-0.15, -0.1) is 0 Å². The van der Waals surface area contributed by atoms with Crippen LogP contribution in [0, 0.1) is 0 Å². The second kappa shape index (κ2) is 6.37. The van der Waals surface area contributed by atoms with Crippen molar-refractivity contribution < 1.29 is 9.53 Å². The van der Waals surface area contributed by atoms with E-state index in [4.69, 9.17) is 21.3 Å². The minimum Gasteiger partial charge on any atom is -0.495 e. The van der Waals surface area contributed by atoms with Crippen LogP contribution in [0.3, 0.4) is 0 Å². The smallest absolute Gasteiger partial charge is 0.256 e. The number of rotatable bonds is 4. The van der Waals surface area contributed by atoms with Gasteiger partial charge in [0.25, 0.3) is 5.91 Å². The Balaban J connectivity index is 1.76. The molecule has 126 valence electrons. The Labute approximate surface area is 150 Å². The van der Waals surface area contributed by atoms with Crippen molar-refractivity contribution in [2.75, 3.05) is 12.4 Å². The molecule has 0 bridgehead atoms. The maximum absolute atomic E-state index is 13.0. The summed E-state index contributed by atoms with van der Waals surface area (Å²) < 4.78 is 5.31. The molecular weight excluding hydrogens is 336 g/mol. The van der Waals surface area contributed by atoms with Crippen LogP contribution < -0.4 is 10.1 Å². The Morgan fingerprint density at radius 1 is 1.20 bits per heavy atom. The minimum absolute atomic E-state index is 0.193. The Morgan fingerprint density at radius 3 is 2.76 bits per heavy atom. The van der Waals surface area contributed by atoms with Crippen molar-refractivity contribution in [3.63, 3.8) is 0 Å². The zero-order chi connectivity index (χ0) is 17.4. The number of hydrogen-bond donors (Lipinski definition) is 1. The molecule has 4 rings (SSSR count). The van der Waals surface area contributed by atoms with Crippen LogP contribution in [0.2, 0.25) is 5.02 Å². The van der Waals surface area contributed by atoms with Crippen molar-refractivity contribution in [1.82, 2.24) is 4.98 Å². The van der Waals surface area contributed by atoms with E-state index in [1.165, 1.54) is 0 Å². The molecule has 0 unspecified atom stereocenters. The summed E-state index contributed by atoms with van der Waals surface area (Å²) in [5.41, 5.74) is 3.00. The van der Waals surface area contributed by atoms with Crippen molar-refractivity contribution >= 4 is 34.1 Å². The lowest BCUT2D eigenvalue weighted by Crippen LogP contribution is -2.14. The summed E-state index contributed by atoms with van der Waals surface area (Å²) in [5.74, 6) is 0.844. The molecule has 0 atom stereocenters. The largest absolute Gasteiger partial charge is 0.495 e. The maximum Gasteiger partial charge on any atom is 0.256 e. The molecule has 0 radical (unpaired) electrons. The number of amides is 1. The Hall–Kier alpha value is -2.59. The number of benzene rings is 2. The summed E-state index contributed by atoms with van der Waals surface area (Å²) in [6.45, 7) is 0. The van der Waals surface area contributed by atoms with E-state index in [9.17, 15) is 4.79 Å². The average molecular weight is 353 g/mol. The molecule has 3 aromatic rings.